The average Bonchev–Trinajstić information content (AvgIpc) is 2.42. The summed E-state index contributed by atoms with van der Waals surface area (Å²) in [5.41, 5.74) is 0.795. The van der Waals surface area contributed by atoms with Crippen LogP contribution in [0.5, 0.6) is 0 Å². The summed E-state index contributed by atoms with van der Waals surface area (Å²) in [7, 11) is 0. The monoisotopic (exact) mass is 277 g/mol. The number of aryl methyl sites for hydroxylation is 1. The Morgan fingerprint density at radius 1 is 1.40 bits per heavy atom. The first-order valence-corrected chi connectivity index (χ1v) is 7.03. The lowest BCUT2D eigenvalue weighted by Gasteiger charge is -2.32. The summed E-state index contributed by atoms with van der Waals surface area (Å²) < 4.78 is 14.2. The number of rotatable bonds is 3. The van der Waals surface area contributed by atoms with E-state index in [1.54, 1.807) is 39.0 Å². The smallest absolute Gasteiger partial charge is 0.237 e. The zero-order valence-electron chi connectivity index (χ0n) is 12.1. The van der Waals surface area contributed by atoms with Gasteiger partial charge in [-0.15, -0.1) is 0 Å². The van der Waals surface area contributed by atoms with Crippen molar-refractivity contribution < 1.29 is 14.0 Å². The first kappa shape index (κ1) is 14.7. The van der Waals surface area contributed by atoms with Crippen LogP contribution in [-0.2, 0) is 9.59 Å². The zero-order valence-corrected chi connectivity index (χ0v) is 12.1. The molecule has 1 aromatic rings. The number of Topliss-reactive ketones (excluding diaryl/α,β-unsaturated/α-hetero) is 1. The highest BCUT2D eigenvalue weighted by Gasteiger charge is 2.36. The van der Waals surface area contributed by atoms with Gasteiger partial charge in [-0.25, -0.2) is 4.39 Å². The fourth-order valence-electron chi connectivity index (χ4n) is 2.62. The maximum Gasteiger partial charge on any atom is 0.237 e. The number of nitrogens with zero attached hydrogens (tertiary/aromatic N) is 1. The summed E-state index contributed by atoms with van der Waals surface area (Å²) in [5.74, 6) is -1.49. The molecule has 3 nitrogen and oxygen atoms in total. The number of halogens is 1. The average molecular weight is 277 g/mol. The van der Waals surface area contributed by atoms with Crippen LogP contribution in [0.4, 0.5) is 10.1 Å². The van der Waals surface area contributed by atoms with Gasteiger partial charge < -0.3 is 4.90 Å². The molecule has 1 saturated heterocycles. The second-order valence-electron chi connectivity index (χ2n) is 5.65. The third kappa shape index (κ3) is 2.60. The van der Waals surface area contributed by atoms with E-state index in [1.165, 1.54) is 4.90 Å². The van der Waals surface area contributed by atoms with E-state index < -0.39 is 5.92 Å². The predicted octanol–water partition coefficient (Wildman–Crippen LogP) is 3.10. The molecular formula is C16H20FNO2. The molecule has 0 bridgehead atoms. The zero-order chi connectivity index (χ0) is 14.9. The van der Waals surface area contributed by atoms with Crippen LogP contribution in [0.1, 0.15) is 32.3 Å². The summed E-state index contributed by atoms with van der Waals surface area (Å²) in [4.78, 5) is 26.0. The SMILES string of the molecule is Cc1cccc(N2CCCC(C(=O)C(C)C)C2=O)c1F. The van der Waals surface area contributed by atoms with E-state index in [2.05, 4.69) is 0 Å². The lowest BCUT2D eigenvalue weighted by atomic mass is 9.87. The molecule has 1 atom stereocenters. The van der Waals surface area contributed by atoms with E-state index in [0.717, 1.165) is 6.42 Å². The van der Waals surface area contributed by atoms with Crippen LogP contribution in [-0.4, -0.2) is 18.2 Å². The molecule has 108 valence electrons. The standard InChI is InChI=1S/C16H20FNO2/c1-10(2)15(19)12-7-5-9-18(16(12)20)13-8-4-6-11(3)14(13)17/h4,6,8,10,12H,5,7,9H2,1-3H3. The van der Waals surface area contributed by atoms with Gasteiger partial charge in [0.25, 0.3) is 0 Å². The first-order valence-electron chi connectivity index (χ1n) is 7.03. The molecule has 1 aromatic carbocycles. The molecule has 1 fully saturated rings. The maximum absolute atomic E-state index is 14.2. The molecule has 1 heterocycles. The van der Waals surface area contributed by atoms with Gasteiger partial charge in [-0.2, -0.15) is 0 Å². The Morgan fingerprint density at radius 2 is 2.10 bits per heavy atom. The molecule has 4 heteroatoms. The molecule has 0 N–H and O–H groups in total. The Labute approximate surface area is 118 Å². The molecule has 0 radical (unpaired) electrons. The molecule has 2 rings (SSSR count). The van der Waals surface area contributed by atoms with Crippen LogP contribution in [0.25, 0.3) is 0 Å². The number of hydrogen-bond acceptors (Lipinski definition) is 2. The summed E-state index contributed by atoms with van der Waals surface area (Å²) in [6.07, 6.45) is 1.29. The number of anilines is 1. The molecule has 1 unspecified atom stereocenters. The van der Waals surface area contributed by atoms with Crippen LogP contribution in [0.3, 0.4) is 0 Å². The van der Waals surface area contributed by atoms with E-state index >= 15 is 0 Å². The van der Waals surface area contributed by atoms with E-state index in [-0.39, 0.29) is 29.1 Å². The van der Waals surface area contributed by atoms with Crippen molar-refractivity contribution >= 4 is 17.4 Å². The van der Waals surface area contributed by atoms with Crippen LogP contribution >= 0.6 is 0 Å². The predicted molar refractivity (Wildman–Crippen MR) is 76.1 cm³/mol. The van der Waals surface area contributed by atoms with Crippen molar-refractivity contribution in [3.63, 3.8) is 0 Å². The van der Waals surface area contributed by atoms with Crippen molar-refractivity contribution in [1.82, 2.24) is 0 Å². The van der Waals surface area contributed by atoms with Crippen LogP contribution in [0.15, 0.2) is 18.2 Å². The summed E-state index contributed by atoms with van der Waals surface area (Å²) in [6.45, 7) is 5.73. The number of carbonyl (C=O) groups excluding carboxylic acids is 2. The Hall–Kier alpha value is -1.71. The second-order valence-corrected chi connectivity index (χ2v) is 5.65. The quantitative estimate of drug-likeness (QED) is 0.796. The number of carbonyl (C=O) groups is 2. The minimum absolute atomic E-state index is 0.0484. The van der Waals surface area contributed by atoms with Crippen molar-refractivity contribution in [2.24, 2.45) is 11.8 Å². The molecule has 20 heavy (non-hydrogen) atoms. The van der Waals surface area contributed by atoms with Gasteiger partial charge in [0.1, 0.15) is 11.6 Å². The fraction of sp³-hybridized carbons (Fsp3) is 0.500. The van der Waals surface area contributed by atoms with Gasteiger partial charge in [-0.05, 0) is 31.4 Å². The van der Waals surface area contributed by atoms with Gasteiger partial charge in [0.2, 0.25) is 5.91 Å². The van der Waals surface area contributed by atoms with Gasteiger partial charge in [0.05, 0.1) is 11.6 Å². The topological polar surface area (TPSA) is 37.4 Å². The van der Waals surface area contributed by atoms with Crippen LogP contribution in [0.2, 0.25) is 0 Å². The lowest BCUT2D eigenvalue weighted by molar-refractivity contribution is -0.135. The van der Waals surface area contributed by atoms with Gasteiger partial charge in [-0.3, -0.25) is 9.59 Å². The Balaban J connectivity index is 2.31. The molecule has 1 amide bonds. The van der Waals surface area contributed by atoms with Crippen molar-refractivity contribution in [2.75, 3.05) is 11.4 Å². The number of ketones is 1. The van der Waals surface area contributed by atoms with Gasteiger partial charge in [0.15, 0.2) is 0 Å². The van der Waals surface area contributed by atoms with E-state index in [4.69, 9.17) is 0 Å². The van der Waals surface area contributed by atoms with Crippen molar-refractivity contribution in [2.45, 2.75) is 33.6 Å². The highest BCUT2D eigenvalue weighted by atomic mass is 19.1. The summed E-state index contributed by atoms with van der Waals surface area (Å²) in [5, 5.41) is 0. The van der Waals surface area contributed by atoms with E-state index in [0.29, 0.717) is 18.5 Å². The van der Waals surface area contributed by atoms with Gasteiger partial charge in [0, 0.05) is 12.5 Å². The number of hydrogen-bond donors (Lipinski definition) is 0. The molecule has 0 aromatic heterocycles. The fourth-order valence-corrected chi connectivity index (χ4v) is 2.62. The third-order valence-corrected chi connectivity index (χ3v) is 3.81. The lowest BCUT2D eigenvalue weighted by Crippen LogP contribution is -2.45. The minimum atomic E-state index is -0.622. The summed E-state index contributed by atoms with van der Waals surface area (Å²) >= 11 is 0. The molecule has 0 saturated carbocycles. The minimum Gasteiger partial charge on any atom is -0.309 e. The normalized spacial score (nSPS) is 19.6. The number of amides is 1. The maximum atomic E-state index is 14.2. The molecule has 1 aliphatic heterocycles. The number of piperidine rings is 1. The molecule has 0 aliphatic carbocycles. The Morgan fingerprint density at radius 3 is 2.75 bits per heavy atom. The van der Waals surface area contributed by atoms with Gasteiger partial charge in [-0.1, -0.05) is 26.0 Å². The van der Waals surface area contributed by atoms with Crippen molar-refractivity contribution in [3.05, 3.63) is 29.6 Å². The highest BCUT2D eigenvalue weighted by molar-refractivity contribution is 6.09. The third-order valence-electron chi connectivity index (χ3n) is 3.81. The van der Waals surface area contributed by atoms with E-state index in [9.17, 15) is 14.0 Å². The van der Waals surface area contributed by atoms with Crippen LogP contribution < -0.4 is 4.90 Å². The Bertz CT molecular complexity index is 539. The highest BCUT2D eigenvalue weighted by Crippen LogP contribution is 2.29. The second kappa shape index (κ2) is 5.73. The molecule has 0 spiro atoms. The number of benzene rings is 1. The summed E-state index contributed by atoms with van der Waals surface area (Å²) in [6, 6.07) is 5.00. The van der Waals surface area contributed by atoms with Crippen LogP contribution in [0, 0.1) is 24.6 Å². The first-order chi connectivity index (χ1) is 9.43. The van der Waals surface area contributed by atoms with Crippen molar-refractivity contribution in [1.29, 1.82) is 0 Å². The largest absolute Gasteiger partial charge is 0.309 e. The molecular weight excluding hydrogens is 257 g/mol. The van der Waals surface area contributed by atoms with E-state index in [1.807, 2.05) is 0 Å². The van der Waals surface area contributed by atoms with Crippen molar-refractivity contribution in [3.8, 4) is 0 Å². The molecule has 1 aliphatic rings. The van der Waals surface area contributed by atoms with Gasteiger partial charge >= 0.3 is 0 Å². The Kier molecular flexibility index (Phi) is 4.21.